The molecular formula is C13H14F3N5O2. The third-order valence-electron chi connectivity index (χ3n) is 2.76. The Kier molecular flexibility index (Phi) is 5.16. The Morgan fingerprint density at radius 3 is 2.78 bits per heavy atom. The molecule has 0 radical (unpaired) electrons. The molecule has 2 rings (SSSR count). The van der Waals surface area contributed by atoms with Crippen molar-refractivity contribution in [2.24, 2.45) is 5.73 Å². The Bertz CT molecular complexity index is 672. The van der Waals surface area contributed by atoms with Gasteiger partial charge in [-0.1, -0.05) is 0 Å². The Hall–Kier alpha value is -2.62. The van der Waals surface area contributed by atoms with E-state index < -0.39 is 11.9 Å². The number of hydrogen-bond donors (Lipinski definition) is 3. The molecule has 0 bridgehead atoms. The first-order chi connectivity index (χ1) is 10.9. The molecule has 0 aromatic carbocycles. The van der Waals surface area contributed by atoms with Crippen LogP contribution < -0.4 is 16.4 Å². The van der Waals surface area contributed by atoms with Crippen molar-refractivity contribution in [2.75, 3.05) is 18.4 Å². The highest BCUT2D eigenvalue weighted by molar-refractivity contribution is 5.93. The SMILES string of the molecule is NCc1cc(C(=O)NCCNc2nccc(C(F)(F)F)n2)co1. The smallest absolute Gasteiger partial charge is 0.433 e. The van der Waals surface area contributed by atoms with Gasteiger partial charge in [0.05, 0.1) is 12.1 Å². The van der Waals surface area contributed by atoms with Gasteiger partial charge in [0.2, 0.25) is 5.95 Å². The quantitative estimate of drug-likeness (QED) is 0.692. The molecule has 4 N–H and O–H groups in total. The average Bonchev–Trinajstić information content (AvgIpc) is 3.00. The topological polar surface area (TPSA) is 106 Å². The van der Waals surface area contributed by atoms with Gasteiger partial charge in [-0.2, -0.15) is 13.2 Å². The zero-order chi connectivity index (χ0) is 16.9. The van der Waals surface area contributed by atoms with Crippen molar-refractivity contribution >= 4 is 11.9 Å². The number of alkyl halides is 3. The van der Waals surface area contributed by atoms with Gasteiger partial charge in [0.15, 0.2) is 0 Å². The summed E-state index contributed by atoms with van der Waals surface area (Å²) in [5.41, 5.74) is 4.65. The Morgan fingerprint density at radius 1 is 1.35 bits per heavy atom. The summed E-state index contributed by atoms with van der Waals surface area (Å²) in [4.78, 5) is 18.8. The number of carbonyl (C=O) groups excluding carboxylic acids is 1. The number of hydrogen-bond acceptors (Lipinski definition) is 6. The molecule has 10 heteroatoms. The van der Waals surface area contributed by atoms with Gasteiger partial charge < -0.3 is 20.8 Å². The van der Waals surface area contributed by atoms with Crippen LogP contribution in [0, 0.1) is 0 Å². The van der Waals surface area contributed by atoms with Crippen LogP contribution >= 0.6 is 0 Å². The van der Waals surface area contributed by atoms with E-state index in [9.17, 15) is 18.0 Å². The summed E-state index contributed by atoms with van der Waals surface area (Å²) in [5.74, 6) is -0.0614. The first-order valence-corrected chi connectivity index (χ1v) is 6.60. The van der Waals surface area contributed by atoms with Crippen LogP contribution in [0.2, 0.25) is 0 Å². The van der Waals surface area contributed by atoms with E-state index in [1.54, 1.807) is 0 Å². The van der Waals surface area contributed by atoms with Gasteiger partial charge in [0, 0.05) is 19.3 Å². The standard InChI is InChI=1S/C13H14F3N5O2/c14-13(15,16)10-1-2-19-12(21-10)20-4-3-18-11(22)8-5-9(6-17)23-7-8/h1-2,5,7H,3-4,6,17H2,(H,18,22)(H,19,20,21). The van der Waals surface area contributed by atoms with Gasteiger partial charge in [0.1, 0.15) is 17.7 Å². The van der Waals surface area contributed by atoms with Crippen molar-refractivity contribution in [3.63, 3.8) is 0 Å². The fourth-order valence-electron chi connectivity index (χ4n) is 1.66. The van der Waals surface area contributed by atoms with E-state index in [2.05, 4.69) is 20.6 Å². The van der Waals surface area contributed by atoms with Gasteiger partial charge in [0.25, 0.3) is 5.91 Å². The molecule has 0 atom stereocenters. The lowest BCUT2D eigenvalue weighted by Crippen LogP contribution is -2.28. The number of aromatic nitrogens is 2. The van der Waals surface area contributed by atoms with Gasteiger partial charge in [-0.15, -0.1) is 0 Å². The van der Waals surface area contributed by atoms with E-state index in [0.29, 0.717) is 11.3 Å². The van der Waals surface area contributed by atoms with Crippen LogP contribution in [-0.2, 0) is 12.7 Å². The van der Waals surface area contributed by atoms with Gasteiger partial charge in [-0.05, 0) is 12.1 Å². The number of rotatable bonds is 6. The molecule has 2 aromatic heterocycles. The second kappa shape index (κ2) is 7.09. The summed E-state index contributed by atoms with van der Waals surface area (Å²) < 4.78 is 42.5. The molecule has 0 aliphatic carbocycles. The van der Waals surface area contributed by atoms with E-state index in [1.807, 2.05) is 0 Å². The molecule has 0 unspecified atom stereocenters. The number of amides is 1. The van der Waals surface area contributed by atoms with Crippen molar-refractivity contribution in [3.05, 3.63) is 41.6 Å². The van der Waals surface area contributed by atoms with E-state index in [0.717, 1.165) is 12.3 Å². The van der Waals surface area contributed by atoms with Crippen molar-refractivity contribution < 1.29 is 22.4 Å². The third-order valence-corrected chi connectivity index (χ3v) is 2.76. The maximum absolute atomic E-state index is 12.5. The van der Waals surface area contributed by atoms with Crippen molar-refractivity contribution in [1.82, 2.24) is 15.3 Å². The first-order valence-electron chi connectivity index (χ1n) is 6.60. The predicted molar refractivity (Wildman–Crippen MR) is 74.5 cm³/mol. The lowest BCUT2D eigenvalue weighted by molar-refractivity contribution is -0.141. The van der Waals surface area contributed by atoms with Crippen LogP contribution in [0.5, 0.6) is 0 Å². The number of anilines is 1. The normalized spacial score (nSPS) is 11.3. The van der Waals surface area contributed by atoms with Gasteiger partial charge >= 0.3 is 6.18 Å². The molecule has 124 valence electrons. The minimum atomic E-state index is -4.53. The second-order valence-electron chi connectivity index (χ2n) is 4.45. The molecule has 0 saturated heterocycles. The average molecular weight is 329 g/mol. The third kappa shape index (κ3) is 4.68. The maximum atomic E-state index is 12.5. The van der Waals surface area contributed by atoms with Crippen LogP contribution in [0.3, 0.4) is 0 Å². The summed E-state index contributed by atoms with van der Waals surface area (Å²) in [6, 6.07) is 2.29. The fraction of sp³-hybridized carbons (Fsp3) is 0.308. The molecule has 0 spiro atoms. The second-order valence-corrected chi connectivity index (χ2v) is 4.45. The molecule has 0 fully saturated rings. The minimum absolute atomic E-state index is 0.161. The summed E-state index contributed by atoms with van der Waals surface area (Å²) >= 11 is 0. The maximum Gasteiger partial charge on any atom is 0.433 e. The minimum Gasteiger partial charge on any atom is -0.467 e. The van der Waals surface area contributed by atoms with Crippen LogP contribution in [0.1, 0.15) is 21.8 Å². The highest BCUT2D eigenvalue weighted by Gasteiger charge is 2.32. The zero-order valence-electron chi connectivity index (χ0n) is 11.9. The summed E-state index contributed by atoms with van der Waals surface area (Å²) in [5, 5.41) is 5.17. The monoisotopic (exact) mass is 329 g/mol. The molecule has 0 saturated carbocycles. The van der Waals surface area contributed by atoms with Crippen LogP contribution in [-0.4, -0.2) is 29.0 Å². The molecule has 1 amide bonds. The van der Waals surface area contributed by atoms with E-state index in [-0.39, 0.29) is 31.5 Å². The zero-order valence-corrected chi connectivity index (χ0v) is 11.9. The first kappa shape index (κ1) is 16.7. The van der Waals surface area contributed by atoms with Crippen molar-refractivity contribution in [1.29, 1.82) is 0 Å². The van der Waals surface area contributed by atoms with Crippen molar-refractivity contribution in [2.45, 2.75) is 12.7 Å². The Morgan fingerprint density at radius 2 is 2.13 bits per heavy atom. The van der Waals surface area contributed by atoms with Crippen LogP contribution in [0.15, 0.2) is 29.0 Å². The molecular weight excluding hydrogens is 315 g/mol. The highest BCUT2D eigenvalue weighted by Crippen LogP contribution is 2.27. The van der Waals surface area contributed by atoms with Crippen LogP contribution in [0.4, 0.5) is 19.1 Å². The number of halogens is 3. The molecule has 2 aromatic rings. The van der Waals surface area contributed by atoms with E-state index >= 15 is 0 Å². The van der Waals surface area contributed by atoms with Gasteiger partial charge in [-0.3, -0.25) is 4.79 Å². The highest BCUT2D eigenvalue weighted by atomic mass is 19.4. The molecule has 7 nitrogen and oxygen atoms in total. The Labute approximate surface area is 129 Å². The number of nitrogens with two attached hydrogens (primary N) is 1. The summed E-state index contributed by atoms with van der Waals surface area (Å²) in [6.45, 7) is 0.512. The number of nitrogens with zero attached hydrogens (tertiary/aromatic N) is 2. The predicted octanol–water partition coefficient (Wildman–Crippen LogP) is 1.39. The largest absolute Gasteiger partial charge is 0.467 e. The molecule has 0 aliphatic heterocycles. The molecule has 2 heterocycles. The Balaban J connectivity index is 1.80. The number of carbonyl (C=O) groups is 1. The summed E-state index contributed by atoms with van der Waals surface area (Å²) in [6.07, 6.45) is -2.24. The van der Waals surface area contributed by atoms with Gasteiger partial charge in [-0.25, -0.2) is 9.97 Å². The lowest BCUT2D eigenvalue weighted by atomic mass is 10.3. The molecule has 23 heavy (non-hydrogen) atoms. The summed E-state index contributed by atoms with van der Waals surface area (Å²) in [7, 11) is 0. The van der Waals surface area contributed by atoms with E-state index in [1.165, 1.54) is 12.3 Å². The fourth-order valence-corrected chi connectivity index (χ4v) is 1.66. The lowest BCUT2D eigenvalue weighted by Gasteiger charge is -2.08. The number of furan rings is 1. The molecule has 0 aliphatic rings. The van der Waals surface area contributed by atoms with Crippen molar-refractivity contribution in [3.8, 4) is 0 Å². The number of nitrogens with one attached hydrogen (secondary N) is 2. The van der Waals surface area contributed by atoms with Crippen LogP contribution in [0.25, 0.3) is 0 Å². The van der Waals surface area contributed by atoms with E-state index in [4.69, 9.17) is 10.2 Å².